The van der Waals surface area contributed by atoms with E-state index in [0.717, 1.165) is 9.80 Å². The zero-order chi connectivity index (χ0) is 20.3. The first-order valence-electron chi connectivity index (χ1n) is 9.05. The number of imide groups is 1. The fourth-order valence-electron chi connectivity index (χ4n) is 3.50. The van der Waals surface area contributed by atoms with Crippen LogP contribution in [0, 0.1) is 11.8 Å². The third-order valence-corrected chi connectivity index (χ3v) is 5.79. The van der Waals surface area contributed by atoms with Crippen LogP contribution < -0.4 is 5.32 Å². The summed E-state index contributed by atoms with van der Waals surface area (Å²) < 4.78 is 5.05. The van der Waals surface area contributed by atoms with Crippen molar-refractivity contribution in [1.29, 1.82) is 0 Å². The van der Waals surface area contributed by atoms with E-state index in [9.17, 15) is 19.2 Å². The number of hydrogen-bond donors (Lipinski definition) is 1. The van der Waals surface area contributed by atoms with Crippen LogP contribution in [0.4, 0.5) is 5.69 Å². The molecule has 0 aromatic heterocycles. The van der Waals surface area contributed by atoms with Gasteiger partial charge in [0.1, 0.15) is 6.04 Å². The zero-order valence-corrected chi connectivity index (χ0v) is 16.5. The molecule has 8 heteroatoms. The SMILES string of the molecule is CSc1ccccc1NC(=O)COC(=O)[C@H](C)N1C(=O)[C@H]2CC=CC[C@@H]2C1=O. The number of nitrogens with one attached hydrogen (secondary N) is 1. The first-order chi connectivity index (χ1) is 13.4. The quantitative estimate of drug-likeness (QED) is 0.339. The summed E-state index contributed by atoms with van der Waals surface area (Å²) in [6.07, 6.45) is 6.67. The van der Waals surface area contributed by atoms with Crippen molar-refractivity contribution in [3.05, 3.63) is 36.4 Å². The van der Waals surface area contributed by atoms with Gasteiger partial charge in [0.25, 0.3) is 5.91 Å². The lowest BCUT2D eigenvalue weighted by atomic mass is 9.85. The monoisotopic (exact) mass is 402 g/mol. The van der Waals surface area contributed by atoms with Crippen LogP contribution in [0.3, 0.4) is 0 Å². The minimum Gasteiger partial charge on any atom is -0.454 e. The normalized spacial score (nSPS) is 22.0. The molecule has 0 spiro atoms. The molecule has 1 aliphatic heterocycles. The molecule has 1 N–H and O–H groups in total. The molecular formula is C20H22N2O5S. The van der Waals surface area contributed by atoms with E-state index in [0.29, 0.717) is 18.5 Å². The second kappa shape index (κ2) is 8.60. The van der Waals surface area contributed by atoms with Crippen LogP contribution in [0.5, 0.6) is 0 Å². The highest BCUT2D eigenvalue weighted by Gasteiger charge is 2.50. The first kappa shape index (κ1) is 20.1. The fraction of sp³-hybridized carbons (Fsp3) is 0.400. The molecule has 3 rings (SSSR count). The summed E-state index contributed by atoms with van der Waals surface area (Å²) in [5, 5.41) is 2.69. The zero-order valence-electron chi connectivity index (χ0n) is 15.7. The van der Waals surface area contributed by atoms with Gasteiger partial charge in [-0.2, -0.15) is 0 Å². The van der Waals surface area contributed by atoms with Crippen molar-refractivity contribution in [2.75, 3.05) is 18.2 Å². The highest BCUT2D eigenvalue weighted by molar-refractivity contribution is 7.98. The molecule has 0 bridgehead atoms. The average Bonchev–Trinajstić information content (AvgIpc) is 2.96. The fourth-order valence-corrected chi connectivity index (χ4v) is 4.06. The molecular weight excluding hydrogens is 380 g/mol. The maximum Gasteiger partial charge on any atom is 0.329 e. The topological polar surface area (TPSA) is 92.8 Å². The third-order valence-electron chi connectivity index (χ3n) is 5.00. The molecule has 3 amide bonds. The number of allylic oxidation sites excluding steroid dienone is 2. The van der Waals surface area contributed by atoms with E-state index in [1.54, 1.807) is 12.1 Å². The van der Waals surface area contributed by atoms with E-state index in [2.05, 4.69) is 5.32 Å². The summed E-state index contributed by atoms with van der Waals surface area (Å²) in [5.41, 5.74) is 0.630. The molecule has 0 unspecified atom stereocenters. The van der Waals surface area contributed by atoms with Gasteiger partial charge >= 0.3 is 5.97 Å². The van der Waals surface area contributed by atoms with Gasteiger partial charge < -0.3 is 10.1 Å². The predicted octanol–water partition coefficient (Wildman–Crippen LogP) is 2.23. The van der Waals surface area contributed by atoms with Gasteiger partial charge in [0.15, 0.2) is 6.61 Å². The number of benzene rings is 1. The summed E-state index contributed by atoms with van der Waals surface area (Å²) in [6.45, 7) is 0.959. The minimum absolute atomic E-state index is 0.345. The lowest BCUT2D eigenvalue weighted by Gasteiger charge is -2.21. The van der Waals surface area contributed by atoms with Crippen LogP contribution in [-0.4, -0.2) is 47.5 Å². The number of esters is 1. The van der Waals surface area contributed by atoms with Gasteiger partial charge in [0.05, 0.1) is 17.5 Å². The van der Waals surface area contributed by atoms with Crippen molar-refractivity contribution < 1.29 is 23.9 Å². The van der Waals surface area contributed by atoms with Crippen LogP contribution in [0.2, 0.25) is 0 Å². The van der Waals surface area contributed by atoms with Crippen molar-refractivity contribution in [3.63, 3.8) is 0 Å². The largest absolute Gasteiger partial charge is 0.454 e. The molecule has 1 heterocycles. The summed E-state index contributed by atoms with van der Waals surface area (Å²) >= 11 is 1.48. The van der Waals surface area contributed by atoms with Gasteiger partial charge in [0.2, 0.25) is 11.8 Å². The van der Waals surface area contributed by atoms with Gasteiger partial charge in [-0.3, -0.25) is 19.3 Å². The molecule has 1 saturated heterocycles. The molecule has 28 heavy (non-hydrogen) atoms. The number of carbonyl (C=O) groups excluding carboxylic acids is 4. The smallest absolute Gasteiger partial charge is 0.329 e. The van der Waals surface area contributed by atoms with Crippen LogP contribution in [0.15, 0.2) is 41.3 Å². The number of hydrogen-bond acceptors (Lipinski definition) is 6. The molecule has 3 atom stereocenters. The molecule has 0 saturated carbocycles. The Morgan fingerprint density at radius 3 is 2.39 bits per heavy atom. The van der Waals surface area contributed by atoms with Gasteiger partial charge in [0, 0.05) is 4.90 Å². The highest BCUT2D eigenvalue weighted by Crippen LogP contribution is 2.36. The number of likely N-dealkylation sites (tertiary alicyclic amines) is 1. The van der Waals surface area contributed by atoms with E-state index >= 15 is 0 Å². The summed E-state index contributed by atoms with van der Waals surface area (Å²) in [5.74, 6) is -2.76. The van der Waals surface area contributed by atoms with Crippen molar-refractivity contribution in [2.24, 2.45) is 11.8 Å². The molecule has 7 nitrogen and oxygen atoms in total. The first-order valence-corrected chi connectivity index (χ1v) is 10.3. The molecule has 1 aromatic carbocycles. The molecule has 0 radical (unpaired) electrons. The number of fused-ring (bicyclic) bond motifs is 1. The summed E-state index contributed by atoms with van der Waals surface area (Å²) in [7, 11) is 0. The molecule has 1 fully saturated rings. The number of amides is 3. The molecule has 2 aliphatic rings. The Kier molecular flexibility index (Phi) is 6.18. The number of anilines is 1. The Bertz CT molecular complexity index is 812. The lowest BCUT2D eigenvalue weighted by Crippen LogP contribution is -2.45. The number of nitrogens with zero attached hydrogens (tertiary/aromatic N) is 1. The Morgan fingerprint density at radius 2 is 1.79 bits per heavy atom. The third kappa shape index (κ3) is 3.96. The average molecular weight is 402 g/mol. The number of thioether (sulfide) groups is 1. The number of carbonyl (C=O) groups is 4. The number of rotatable bonds is 6. The van der Waals surface area contributed by atoms with E-state index < -0.39 is 36.4 Å². The summed E-state index contributed by atoms with van der Waals surface area (Å²) in [6, 6.07) is 6.22. The van der Waals surface area contributed by atoms with Gasteiger partial charge in [-0.15, -0.1) is 11.8 Å². The maximum atomic E-state index is 12.5. The van der Waals surface area contributed by atoms with Crippen molar-refractivity contribution in [3.8, 4) is 0 Å². The van der Waals surface area contributed by atoms with Crippen LogP contribution in [0.1, 0.15) is 19.8 Å². The number of ether oxygens (including phenoxy) is 1. The van der Waals surface area contributed by atoms with Crippen molar-refractivity contribution in [1.82, 2.24) is 4.90 Å². The van der Waals surface area contributed by atoms with Crippen molar-refractivity contribution in [2.45, 2.75) is 30.7 Å². The Labute approximate surface area is 167 Å². The van der Waals surface area contributed by atoms with E-state index in [1.165, 1.54) is 18.7 Å². The van der Waals surface area contributed by atoms with Crippen LogP contribution in [-0.2, 0) is 23.9 Å². The van der Waals surface area contributed by atoms with E-state index in [1.807, 2.05) is 30.5 Å². The second-order valence-electron chi connectivity index (χ2n) is 6.73. The Morgan fingerprint density at radius 1 is 1.18 bits per heavy atom. The van der Waals surface area contributed by atoms with E-state index in [4.69, 9.17) is 4.74 Å². The Balaban J connectivity index is 1.56. The van der Waals surface area contributed by atoms with E-state index in [-0.39, 0.29) is 11.8 Å². The lowest BCUT2D eigenvalue weighted by molar-refractivity contribution is -0.159. The maximum absolute atomic E-state index is 12.5. The highest BCUT2D eigenvalue weighted by atomic mass is 32.2. The minimum atomic E-state index is -1.06. The molecule has 1 aliphatic carbocycles. The van der Waals surface area contributed by atoms with Crippen LogP contribution >= 0.6 is 11.8 Å². The van der Waals surface area contributed by atoms with Crippen molar-refractivity contribution >= 4 is 41.1 Å². The molecule has 1 aromatic rings. The standard InChI is InChI=1S/C20H22N2O5S/c1-12(22-18(24)13-7-3-4-8-14(13)19(22)25)20(26)27-11-17(23)21-15-9-5-6-10-16(15)28-2/h3-6,9-10,12-14H,7-8,11H2,1-2H3,(H,21,23)/t12-,13-,14-/m0/s1. The summed E-state index contributed by atoms with van der Waals surface area (Å²) in [4.78, 5) is 51.4. The predicted molar refractivity (Wildman–Crippen MR) is 104 cm³/mol. The molecule has 148 valence electrons. The van der Waals surface area contributed by atoms with Gasteiger partial charge in [-0.05, 0) is 38.2 Å². The van der Waals surface area contributed by atoms with Gasteiger partial charge in [-0.1, -0.05) is 24.3 Å². The van der Waals surface area contributed by atoms with Crippen LogP contribution in [0.25, 0.3) is 0 Å². The second-order valence-corrected chi connectivity index (χ2v) is 7.58. The Hall–Kier alpha value is -2.61. The number of para-hydroxylation sites is 1. The van der Waals surface area contributed by atoms with Gasteiger partial charge in [-0.25, -0.2) is 4.79 Å².